The summed E-state index contributed by atoms with van der Waals surface area (Å²) in [5, 5.41) is 3.22. The van der Waals surface area contributed by atoms with E-state index in [1.165, 1.54) is 12.1 Å². The van der Waals surface area contributed by atoms with E-state index in [2.05, 4.69) is 5.32 Å². The lowest BCUT2D eigenvalue weighted by molar-refractivity contribution is 0.0579. The Kier molecular flexibility index (Phi) is 3.51. The van der Waals surface area contributed by atoms with Crippen molar-refractivity contribution in [3.05, 3.63) is 35.4 Å². The molecule has 88 valence electrons. The first-order chi connectivity index (χ1) is 7.70. The van der Waals surface area contributed by atoms with Crippen LogP contribution in [0.15, 0.2) is 18.2 Å². The molecular weight excluding hydrogens is 212 g/mol. The number of benzene rings is 1. The number of ether oxygens (including phenoxy) is 1. The molecule has 1 heterocycles. The molecular formula is C12H15F2NO. The first-order valence-corrected chi connectivity index (χ1v) is 5.40. The van der Waals surface area contributed by atoms with E-state index in [0.717, 1.165) is 25.6 Å². The second-order valence-electron chi connectivity index (χ2n) is 4.11. The van der Waals surface area contributed by atoms with Crippen LogP contribution in [-0.4, -0.2) is 20.2 Å². The number of hydrogen-bond acceptors (Lipinski definition) is 2. The predicted molar refractivity (Wildman–Crippen MR) is 57.1 cm³/mol. The Balaban J connectivity index is 2.24. The average Bonchev–Trinajstić information content (AvgIpc) is 2.70. The number of nitrogens with one attached hydrogen (secondary N) is 1. The first kappa shape index (κ1) is 11.5. The predicted octanol–water partition coefficient (Wildman–Crippen LogP) is 2.26. The van der Waals surface area contributed by atoms with Crippen LogP contribution in [0.3, 0.4) is 0 Å². The minimum Gasteiger partial charge on any atom is -0.376 e. The fourth-order valence-corrected chi connectivity index (χ4v) is 2.28. The maximum atomic E-state index is 13.1. The van der Waals surface area contributed by atoms with Gasteiger partial charge in [0, 0.05) is 25.6 Å². The zero-order chi connectivity index (χ0) is 11.5. The van der Waals surface area contributed by atoms with Gasteiger partial charge in [0.1, 0.15) is 11.6 Å². The number of methoxy groups -OCH3 is 1. The van der Waals surface area contributed by atoms with Crippen LogP contribution in [0.5, 0.6) is 0 Å². The van der Waals surface area contributed by atoms with Gasteiger partial charge < -0.3 is 10.1 Å². The molecule has 0 aromatic heterocycles. The van der Waals surface area contributed by atoms with Crippen LogP contribution in [0.1, 0.15) is 18.1 Å². The van der Waals surface area contributed by atoms with Gasteiger partial charge in [0.25, 0.3) is 0 Å². The van der Waals surface area contributed by atoms with Crippen molar-refractivity contribution in [3.63, 3.8) is 0 Å². The largest absolute Gasteiger partial charge is 0.376 e. The molecule has 1 aliphatic heterocycles. The first-order valence-electron chi connectivity index (χ1n) is 5.40. The van der Waals surface area contributed by atoms with Gasteiger partial charge in [-0.1, -0.05) is 0 Å². The molecule has 0 spiro atoms. The lowest BCUT2D eigenvalue weighted by Gasteiger charge is -2.21. The Bertz CT molecular complexity index is 344. The fraction of sp³-hybridized carbons (Fsp3) is 0.500. The molecule has 2 atom stereocenters. The molecule has 2 nitrogen and oxygen atoms in total. The summed E-state index contributed by atoms with van der Waals surface area (Å²) in [7, 11) is 1.58. The zero-order valence-electron chi connectivity index (χ0n) is 9.17. The lowest BCUT2D eigenvalue weighted by atomic mass is 9.95. The molecule has 2 unspecified atom stereocenters. The highest BCUT2D eigenvalue weighted by Crippen LogP contribution is 2.30. The van der Waals surface area contributed by atoms with E-state index in [1.54, 1.807) is 7.11 Å². The van der Waals surface area contributed by atoms with E-state index < -0.39 is 11.6 Å². The van der Waals surface area contributed by atoms with Gasteiger partial charge in [-0.15, -0.1) is 0 Å². The van der Waals surface area contributed by atoms with Crippen LogP contribution >= 0.6 is 0 Å². The molecule has 1 aromatic rings. The molecule has 16 heavy (non-hydrogen) atoms. The molecule has 1 fully saturated rings. The molecule has 1 saturated heterocycles. The molecule has 1 aromatic carbocycles. The second-order valence-corrected chi connectivity index (χ2v) is 4.11. The topological polar surface area (TPSA) is 21.3 Å². The number of rotatable bonds is 3. The highest BCUT2D eigenvalue weighted by molar-refractivity contribution is 5.21. The van der Waals surface area contributed by atoms with Gasteiger partial charge in [-0.3, -0.25) is 0 Å². The van der Waals surface area contributed by atoms with Gasteiger partial charge >= 0.3 is 0 Å². The maximum absolute atomic E-state index is 13.1. The van der Waals surface area contributed by atoms with E-state index in [1.807, 2.05) is 0 Å². The van der Waals surface area contributed by atoms with Gasteiger partial charge in [-0.2, -0.15) is 0 Å². The summed E-state index contributed by atoms with van der Waals surface area (Å²) in [4.78, 5) is 0. The van der Waals surface area contributed by atoms with E-state index in [0.29, 0.717) is 5.56 Å². The SMILES string of the molecule is COC(c1cc(F)cc(F)c1)C1CCNC1. The molecule has 0 amide bonds. The number of halogens is 2. The van der Waals surface area contributed by atoms with Crippen molar-refractivity contribution in [1.82, 2.24) is 5.32 Å². The van der Waals surface area contributed by atoms with Gasteiger partial charge in [-0.25, -0.2) is 8.78 Å². The highest BCUT2D eigenvalue weighted by atomic mass is 19.1. The summed E-state index contributed by atoms with van der Waals surface area (Å²) in [6, 6.07) is 3.56. The summed E-state index contributed by atoms with van der Waals surface area (Å²) in [5.74, 6) is -0.822. The van der Waals surface area contributed by atoms with Crippen molar-refractivity contribution in [3.8, 4) is 0 Å². The quantitative estimate of drug-likeness (QED) is 0.855. The minimum atomic E-state index is -0.553. The van der Waals surface area contributed by atoms with E-state index >= 15 is 0 Å². The average molecular weight is 227 g/mol. The molecule has 0 saturated carbocycles. The molecule has 2 rings (SSSR count). The van der Waals surface area contributed by atoms with Crippen LogP contribution in [0, 0.1) is 17.6 Å². The number of hydrogen-bond donors (Lipinski definition) is 1. The van der Waals surface area contributed by atoms with Crippen LogP contribution in [0.4, 0.5) is 8.78 Å². The van der Waals surface area contributed by atoms with E-state index in [-0.39, 0.29) is 12.0 Å². The summed E-state index contributed by atoms with van der Waals surface area (Å²) in [5.41, 5.74) is 0.578. The van der Waals surface area contributed by atoms with Crippen molar-refractivity contribution in [1.29, 1.82) is 0 Å². The molecule has 1 N–H and O–H groups in total. The lowest BCUT2D eigenvalue weighted by Crippen LogP contribution is -2.18. The second kappa shape index (κ2) is 4.89. The van der Waals surface area contributed by atoms with Crippen LogP contribution in [0.25, 0.3) is 0 Å². The third kappa shape index (κ3) is 2.39. The Morgan fingerprint density at radius 3 is 2.50 bits per heavy atom. The van der Waals surface area contributed by atoms with Gasteiger partial charge in [0.05, 0.1) is 6.10 Å². The maximum Gasteiger partial charge on any atom is 0.126 e. The van der Waals surface area contributed by atoms with Gasteiger partial charge in [0.2, 0.25) is 0 Å². The third-order valence-corrected chi connectivity index (χ3v) is 2.99. The van der Waals surface area contributed by atoms with Crippen molar-refractivity contribution in [2.75, 3.05) is 20.2 Å². The summed E-state index contributed by atoms with van der Waals surface area (Å²) >= 11 is 0. The van der Waals surface area contributed by atoms with Crippen LogP contribution in [0.2, 0.25) is 0 Å². The smallest absolute Gasteiger partial charge is 0.126 e. The monoisotopic (exact) mass is 227 g/mol. The van der Waals surface area contributed by atoms with Gasteiger partial charge in [0.15, 0.2) is 0 Å². The Labute approximate surface area is 93.6 Å². The fourth-order valence-electron chi connectivity index (χ4n) is 2.28. The zero-order valence-corrected chi connectivity index (χ0v) is 9.17. The van der Waals surface area contributed by atoms with Crippen LogP contribution < -0.4 is 5.32 Å². The normalized spacial score (nSPS) is 22.3. The summed E-state index contributed by atoms with van der Waals surface area (Å²) < 4.78 is 31.6. The van der Waals surface area contributed by atoms with Crippen molar-refractivity contribution in [2.45, 2.75) is 12.5 Å². The van der Waals surface area contributed by atoms with Gasteiger partial charge in [-0.05, 0) is 30.7 Å². The highest BCUT2D eigenvalue weighted by Gasteiger charge is 2.26. The Hall–Kier alpha value is -1.00. The van der Waals surface area contributed by atoms with Crippen molar-refractivity contribution >= 4 is 0 Å². The molecule has 0 bridgehead atoms. The van der Waals surface area contributed by atoms with Crippen molar-refractivity contribution in [2.24, 2.45) is 5.92 Å². The standard InChI is InChI=1S/C12H15F2NO/c1-16-12(8-2-3-15-7-8)9-4-10(13)6-11(14)5-9/h4-6,8,12,15H,2-3,7H2,1H3. The van der Waals surface area contributed by atoms with Crippen LogP contribution in [-0.2, 0) is 4.74 Å². The Morgan fingerprint density at radius 1 is 1.31 bits per heavy atom. The van der Waals surface area contributed by atoms with E-state index in [9.17, 15) is 8.78 Å². The molecule has 0 radical (unpaired) electrons. The summed E-state index contributed by atoms with van der Waals surface area (Å²) in [6.07, 6.45) is 0.733. The molecule has 1 aliphatic rings. The molecule has 4 heteroatoms. The van der Waals surface area contributed by atoms with E-state index in [4.69, 9.17) is 4.74 Å². The minimum absolute atomic E-state index is 0.236. The third-order valence-electron chi connectivity index (χ3n) is 2.99. The van der Waals surface area contributed by atoms with Crippen molar-refractivity contribution < 1.29 is 13.5 Å². The Morgan fingerprint density at radius 2 is 2.00 bits per heavy atom. The summed E-state index contributed by atoms with van der Waals surface area (Å²) in [6.45, 7) is 1.76. The molecule has 0 aliphatic carbocycles.